The molecule has 1 heterocycles. The second kappa shape index (κ2) is 5.63. The van der Waals surface area contributed by atoms with Gasteiger partial charge in [0.25, 0.3) is 0 Å². The van der Waals surface area contributed by atoms with Gasteiger partial charge >= 0.3 is 0 Å². The molecule has 1 aromatic heterocycles. The van der Waals surface area contributed by atoms with Gasteiger partial charge in [-0.2, -0.15) is 4.98 Å². The summed E-state index contributed by atoms with van der Waals surface area (Å²) >= 11 is 0. The summed E-state index contributed by atoms with van der Waals surface area (Å²) < 4.78 is 5.32. The highest BCUT2D eigenvalue weighted by Gasteiger charge is 2.24. The van der Waals surface area contributed by atoms with Gasteiger partial charge in [-0.05, 0) is 25.2 Å². The highest BCUT2D eigenvalue weighted by atomic mass is 16.5. The third kappa shape index (κ3) is 3.06. The lowest BCUT2D eigenvalue weighted by atomic mass is 9.83. The smallest absolute Gasteiger partial charge is 0.226 e. The molecule has 1 aliphatic carbocycles. The number of hydrogen-bond donors (Lipinski definition) is 1. The van der Waals surface area contributed by atoms with Crippen LogP contribution in [0.5, 0.6) is 0 Å². The Morgan fingerprint density at radius 1 is 1.41 bits per heavy atom. The highest BCUT2D eigenvalue weighted by molar-refractivity contribution is 4.95. The Kier molecular flexibility index (Phi) is 4.15. The minimum absolute atomic E-state index is 0.308. The van der Waals surface area contributed by atoms with Crippen molar-refractivity contribution in [3.05, 3.63) is 11.7 Å². The molecule has 3 unspecified atom stereocenters. The molecule has 0 radical (unpaired) electrons. The zero-order chi connectivity index (χ0) is 12.3. The van der Waals surface area contributed by atoms with Crippen LogP contribution in [0.3, 0.4) is 0 Å². The molecule has 0 aliphatic heterocycles. The minimum Gasteiger partial charge on any atom is -0.339 e. The largest absolute Gasteiger partial charge is 0.339 e. The maximum atomic E-state index is 6.13. The molecule has 0 spiro atoms. The van der Waals surface area contributed by atoms with Gasteiger partial charge in [-0.1, -0.05) is 31.8 Å². The molecule has 2 rings (SSSR count). The second-order valence-corrected chi connectivity index (χ2v) is 5.27. The Labute approximate surface area is 103 Å². The van der Waals surface area contributed by atoms with Crippen LogP contribution in [0.2, 0.25) is 0 Å². The van der Waals surface area contributed by atoms with Crippen molar-refractivity contribution in [1.29, 1.82) is 0 Å². The van der Waals surface area contributed by atoms with Crippen molar-refractivity contribution in [1.82, 2.24) is 10.1 Å². The van der Waals surface area contributed by atoms with E-state index >= 15 is 0 Å². The predicted octanol–water partition coefficient (Wildman–Crippen LogP) is 2.64. The van der Waals surface area contributed by atoms with Crippen LogP contribution in [0.1, 0.15) is 63.6 Å². The van der Waals surface area contributed by atoms with Gasteiger partial charge in [0.15, 0.2) is 5.82 Å². The molecule has 0 amide bonds. The summed E-state index contributed by atoms with van der Waals surface area (Å²) in [5, 5.41) is 4.05. The molecule has 0 aromatic carbocycles. The maximum Gasteiger partial charge on any atom is 0.226 e. The molecule has 17 heavy (non-hydrogen) atoms. The van der Waals surface area contributed by atoms with E-state index < -0.39 is 0 Å². The average molecular weight is 237 g/mol. The van der Waals surface area contributed by atoms with Crippen LogP contribution in [0, 0.1) is 5.92 Å². The maximum absolute atomic E-state index is 6.13. The molecule has 1 aromatic rings. The van der Waals surface area contributed by atoms with E-state index in [9.17, 15) is 0 Å². The molecule has 2 N–H and O–H groups in total. The van der Waals surface area contributed by atoms with E-state index in [1.807, 2.05) is 0 Å². The van der Waals surface area contributed by atoms with Crippen molar-refractivity contribution in [2.75, 3.05) is 0 Å². The van der Waals surface area contributed by atoms with Crippen molar-refractivity contribution in [3.8, 4) is 0 Å². The first kappa shape index (κ1) is 12.6. The van der Waals surface area contributed by atoms with E-state index in [1.165, 1.54) is 19.3 Å². The lowest BCUT2D eigenvalue weighted by Crippen LogP contribution is -2.34. The molecule has 0 saturated heterocycles. The minimum atomic E-state index is 0.308. The van der Waals surface area contributed by atoms with Gasteiger partial charge in [0, 0.05) is 18.4 Å². The van der Waals surface area contributed by atoms with Crippen molar-refractivity contribution in [3.63, 3.8) is 0 Å². The quantitative estimate of drug-likeness (QED) is 0.874. The summed E-state index contributed by atoms with van der Waals surface area (Å²) in [7, 11) is 0. The zero-order valence-electron chi connectivity index (χ0n) is 10.9. The SMILES string of the molecule is CCC(C)c1noc(CC2CCCCC2N)n1. The van der Waals surface area contributed by atoms with E-state index in [1.54, 1.807) is 0 Å². The van der Waals surface area contributed by atoms with Crippen molar-refractivity contribution >= 4 is 0 Å². The Bertz CT molecular complexity index is 350. The summed E-state index contributed by atoms with van der Waals surface area (Å²) in [6, 6.07) is 0.308. The Morgan fingerprint density at radius 2 is 2.18 bits per heavy atom. The van der Waals surface area contributed by atoms with Crippen LogP contribution < -0.4 is 5.73 Å². The molecule has 4 nitrogen and oxygen atoms in total. The third-order valence-corrected chi connectivity index (χ3v) is 3.94. The fourth-order valence-corrected chi connectivity index (χ4v) is 2.45. The molecular weight excluding hydrogens is 214 g/mol. The highest BCUT2D eigenvalue weighted by Crippen LogP contribution is 2.26. The number of aromatic nitrogens is 2. The van der Waals surface area contributed by atoms with E-state index in [0.29, 0.717) is 17.9 Å². The third-order valence-electron chi connectivity index (χ3n) is 3.94. The molecule has 1 fully saturated rings. The summed E-state index contributed by atoms with van der Waals surface area (Å²) in [4.78, 5) is 4.48. The first-order valence-electron chi connectivity index (χ1n) is 6.78. The van der Waals surface area contributed by atoms with Crippen LogP contribution in [-0.2, 0) is 6.42 Å². The fourth-order valence-electron chi connectivity index (χ4n) is 2.45. The fraction of sp³-hybridized carbons (Fsp3) is 0.846. The number of rotatable bonds is 4. The van der Waals surface area contributed by atoms with E-state index in [-0.39, 0.29) is 0 Å². The van der Waals surface area contributed by atoms with Gasteiger partial charge in [0.2, 0.25) is 5.89 Å². The molecule has 3 atom stereocenters. The average Bonchev–Trinajstić information content (AvgIpc) is 2.80. The number of nitrogens with zero attached hydrogens (tertiary/aromatic N) is 2. The Hall–Kier alpha value is -0.900. The molecule has 4 heteroatoms. The topological polar surface area (TPSA) is 64.9 Å². The molecule has 1 saturated carbocycles. The second-order valence-electron chi connectivity index (χ2n) is 5.27. The van der Waals surface area contributed by atoms with Crippen LogP contribution >= 0.6 is 0 Å². The van der Waals surface area contributed by atoms with Crippen LogP contribution in [0.15, 0.2) is 4.52 Å². The summed E-state index contributed by atoms with van der Waals surface area (Å²) in [5.74, 6) is 2.51. The molecular formula is C13H23N3O. The first-order chi connectivity index (χ1) is 8.20. The normalized spacial score (nSPS) is 27.0. The zero-order valence-corrected chi connectivity index (χ0v) is 10.9. The Morgan fingerprint density at radius 3 is 2.88 bits per heavy atom. The van der Waals surface area contributed by atoms with Gasteiger partial charge in [-0.3, -0.25) is 0 Å². The first-order valence-corrected chi connectivity index (χ1v) is 6.78. The van der Waals surface area contributed by atoms with E-state index in [2.05, 4.69) is 24.0 Å². The number of nitrogens with two attached hydrogens (primary N) is 1. The van der Waals surface area contributed by atoms with Crippen molar-refractivity contribution in [2.24, 2.45) is 11.7 Å². The van der Waals surface area contributed by atoms with Crippen LogP contribution in [0.4, 0.5) is 0 Å². The predicted molar refractivity (Wildman–Crippen MR) is 66.6 cm³/mol. The number of hydrogen-bond acceptors (Lipinski definition) is 4. The van der Waals surface area contributed by atoms with Crippen molar-refractivity contribution in [2.45, 2.75) is 64.3 Å². The summed E-state index contributed by atoms with van der Waals surface area (Å²) in [6.07, 6.45) is 6.77. The van der Waals surface area contributed by atoms with Crippen LogP contribution in [0.25, 0.3) is 0 Å². The molecule has 0 bridgehead atoms. The van der Waals surface area contributed by atoms with Gasteiger partial charge < -0.3 is 10.3 Å². The monoisotopic (exact) mass is 237 g/mol. The lowest BCUT2D eigenvalue weighted by molar-refractivity contribution is 0.272. The van der Waals surface area contributed by atoms with Gasteiger partial charge in [-0.25, -0.2) is 0 Å². The van der Waals surface area contributed by atoms with Gasteiger partial charge in [-0.15, -0.1) is 0 Å². The lowest BCUT2D eigenvalue weighted by Gasteiger charge is -2.27. The van der Waals surface area contributed by atoms with Crippen LogP contribution in [-0.4, -0.2) is 16.2 Å². The standard InChI is InChI=1S/C13H23N3O/c1-3-9(2)13-15-12(17-16-13)8-10-6-4-5-7-11(10)14/h9-11H,3-8,14H2,1-2H3. The van der Waals surface area contributed by atoms with Gasteiger partial charge in [0.1, 0.15) is 0 Å². The molecule has 96 valence electrons. The molecule has 1 aliphatic rings. The van der Waals surface area contributed by atoms with Gasteiger partial charge in [0.05, 0.1) is 0 Å². The van der Waals surface area contributed by atoms with Crippen molar-refractivity contribution < 1.29 is 4.52 Å². The summed E-state index contributed by atoms with van der Waals surface area (Å²) in [5.41, 5.74) is 6.13. The van der Waals surface area contributed by atoms with E-state index in [4.69, 9.17) is 10.3 Å². The summed E-state index contributed by atoms with van der Waals surface area (Å²) in [6.45, 7) is 4.26. The van der Waals surface area contributed by atoms with E-state index in [0.717, 1.165) is 31.0 Å². The Balaban J connectivity index is 1.96.